The van der Waals surface area contributed by atoms with Crippen molar-refractivity contribution in [3.8, 4) is 5.75 Å². The molecule has 4 heterocycles. The van der Waals surface area contributed by atoms with Crippen molar-refractivity contribution >= 4 is 28.4 Å². The number of aromatic nitrogens is 1. The second kappa shape index (κ2) is 10.0. The highest BCUT2D eigenvalue weighted by Gasteiger charge is 2.30. The Morgan fingerprint density at radius 1 is 1.17 bits per heavy atom. The highest BCUT2D eigenvalue weighted by molar-refractivity contribution is 6.30. The largest absolute Gasteiger partial charge is 0.493 e. The lowest BCUT2D eigenvalue weighted by Crippen LogP contribution is -2.44. The van der Waals surface area contributed by atoms with Gasteiger partial charge in [0.1, 0.15) is 5.75 Å². The molecule has 3 aliphatic heterocycles. The number of ether oxygens (including phenoxy) is 1. The molecule has 0 radical (unpaired) electrons. The summed E-state index contributed by atoms with van der Waals surface area (Å²) in [7, 11) is 2.14. The second-order valence-electron chi connectivity index (χ2n) is 10.6. The molecule has 188 valence electrons. The van der Waals surface area contributed by atoms with Crippen molar-refractivity contribution in [1.82, 2.24) is 20.1 Å². The molecule has 0 bridgehead atoms. The minimum absolute atomic E-state index is 0.0471. The second-order valence-corrected chi connectivity index (χ2v) is 11.0. The van der Waals surface area contributed by atoms with Gasteiger partial charge in [-0.05, 0) is 69.2 Å². The van der Waals surface area contributed by atoms with Gasteiger partial charge in [-0.1, -0.05) is 29.8 Å². The normalized spacial score (nSPS) is 21.0. The van der Waals surface area contributed by atoms with Crippen molar-refractivity contribution in [3.05, 3.63) is 69.9 Å². The zero-order chi connectivity index (χ0) is 24.6. The van der Waals surface area contributed by atoms with Crippen LogP contribution in [0, 0.1) is 5.92 Å². The molecule has 3 aromatic rings. The van der Waals surface area contributed by atoms with Gasteiger partial charge in [0.05, 0.1) is 17.7 Å². The first-order chi connectivity index (χ1) is 17.5. The molecule has 0 aliphatic carbocycles. The van der Waals surface area contributed by atoms with E-state index < -0.39 is 0 Å². The van der Waals surface area contributed by atoms with Crippen LogP contribution in [0.2, 0.25) is 5.02 Å². The average molecular weight is 505 g/mol. The fraction of sp³-hybridized carbons (Fsp3) is 0.448. The number of amides is 1. The summed E-state index contributed by atoms with van der Waals surface area (Å²) in [4.78, 5) is 23.5. The van der Waals surface area contributed by atoms with Crippen molar-refractivity contribution in [3.63, 3.8) is 0 Å². The van der Waals surface area contributed by atoms with Crippen molar-refractivity contribution in [1.29, 1.82) is 0 Å². The standard InChI is InChI=1S/C29H33ClN4O2/c1-33-11-8-22(9-12-33)31-29(35)28-23-4-2-3-5-25(23)32-26-10-13-34(17-24(26)28)16-19-14-20-15-21(30)6-7-27(20)36-18-19/h2-7,15,19,22H,8-14,16-18H2,1H3,(H,31,35). The number of rotatable bonds is 4. The maximum Gasteiger partial charge on any atom is 0.252 e. The van der Waals surface area contributed by atoms with Gasteiger partial charge in [-0.15, -0.1) is 0 Å². The van der Waals surface area contributed by atoms with E-state index in [9.17, 15) is 4.79 Å². The number of halogens is 1. The number of piperidine rings is 1. The number of benzene rings is 2. The van der Waals surface area contributed by atoms with Crippen LogP contribution in [0.5, 0.6) is 5.75 Å². The minimum Gasteiger partial charge on any atom is -0.493 e. The van der Waals surface area contributed by atoms with E-state index in [1.54, 1.807) is 0 Å². The van der Waals surface area contributed by atoms with Gasteiger partial charge in [0.25, 0.3) is 5.91 Å². The first kappa shape index (κ1) is 23.7. The molecular weight excluding hydrogens is 472 g/mol. The Kier molecular flexibility index (Phi) is 6.59. The Morgan fingerprint density at radius 2 is 2.00 bits per heavy atom. The molecule has 1 amide bonds. The Balaban J connectivity index is 1.24. The monoisotopic (exact) mass is 504 g/mol. The number of nitrogens with one attached hydrogen (secondary N) is 1. The maximum atomic E-state index is 13.7. The molecule has 6 nitrogen and oxygen atoms in total. The quantitative estimate of drug-likeness (QED) is 0.573. The van der Waals surface area contributed by atoms with Crippen molar-refractivity contribution < 1.29 is 9.53 Å². The van der Waals surface area contributed by atoms with Gasteiger partial charge in [-0.2, -0.15) is 0 Å². The summed E-state index contributed by atoms with van der Waals surface area (Å²) in [6.07, 6.45) is 3.79. The highest BCUT2D eigenvalue weighted by Crippen LogP contribution is 2.32. The molecule has 36 heavy (non-hydrogen) atoms. The molecule has 1 unspecified atom stereocenters. The summed E-state index contributed by atoms with van der Waals surface area (Å²) < 4.78 is 6.05. The molecule has 1 saturated heterocycles. The zero-order valence-electron chi connectivity index (χ0n) is 20.8. The van der Waals surface area contributed by atoms with Crippen LogP contribution >= 0.6 is 11.6 Å². The van der Waals surface area contributed by atoms with Gasteiger partial charge in [0.2, 0.25) is 0 Å². The summed E-state index contributed by atoms with van der Waals surface area (Å²) in [5.74, 6) is 1.39. The fourth-order valence-electron chi connectivity index (χ4n) is 5.98. The van der Waals surface area contributed by atoms with Crippen LogP contribution in [0.25, 0.3) is 10.9 Å². The number of para-hydroxylation sites is 1. The molecule has 1 aromatic heterocycles. The first-order valence-electron chi connectivity index (χ1n) is 13.1. The van der Waals surface area contributed by atoms with Gasteiger partial charge in [0, 0.05) is 59.7 Å². The third kappa shape index (κ3) is 4.82. The van der Waals surface area contributed by atoms with Gasteiger partial charge < -0.3 is 15.0 Å². The minimum atomic E-state index is 0.0471. The van der Waals surface area contributed by atoms with E-state index in [4.69, 9.17) is 21.3 Å². The van der Waals surface area contributed by atoms with Crippen LogP contribution in [0.1, 0.15) is 40.0 Å². The number of carbonyl (C=O) groups is 1. The zero-order valence-corrected chi connectivity index (χ0v) is 21.6. The number of fused-ring (bicyclic) bond motifs is 3. The number of hydrogen-bond acceptors (Lipinski definition) is 5. The molecule has 6 rings (SSSR count). The Bertz CT molecular complexity index is 1290. The summed E-state index contributed by atoms with van der Waals surface area (Å²) in [6, 6.07) is 14.2. The first-order valence-corrected chi connectivity index (χ1v) is 13.4. The van der Waals surface area contributed by atoms with Crippen molar-refractivity contribution in [2.75, 3.05) is 39.8 Å². The molecule has 2 aromatic carbocycles. The fourth-order valence-corrected chi connectivity index (χ4v) is 6.17. The Hall–Kier alpha value is -2.67. The van der Waals surface area contributed by atoms with E-state index in [1.807, 2.05) is 42.5 Å². The maximum absolute atomic E-state index is 13.7. The lowest BCUT2D eigenvalue weighted by atomic mass is 9.92. The van der Waals surface area contributed by atoms with E-state index in [0.29, 0.717) is 12.5 Å². The summed E-state index contributed by atoms with van der Waals surface area (Å²) in [5.41, 5.74) is 5.06. The average Bonchev–Trinajstić information content (AvgIpc) is 2.88. The van der Waals surface area contributed by atoms with Crippen LogP contribution in [0.3, 0.4) is 0 Å². The third-order valence-electron chi connectivity index (χ3n) is 7.93. The van der Waals surface area contributed by atoms with Crippen LogP contribution in [-0.4, -0.2) is 66.6 Å². The highest BCUT2D eigenvalue weighted by atomic mass is 35.5. The number of hydrogen-bond donors (Lipinski definition) is 1. The Morgan fingerprint density at radius 3 is 2.86 bits per heavy atom. The molecule has 7 heteroatoms. The van der Waals surface area contributed by atoms with E-state index in [1.165, 1.54) is 5.56 Å². The smallest absolute Gasteiger partial charge is 0.252 e. The van der Waals surface area contributed by atoms with Gasteiger partial charge in [-0.25, -0.2) is 0 Å². The molecule has 0 spiro atoms. The SMILES string of the molecule is CN1CCC(NC(=O)c2c3c(nc4ccccc24)CCN(CC2COc4ccc(Cl)cc4C2)C3)CC1. The molecule has 1 N–H and O–H groups in total. The third-order valence-corrected chi connectivity index (χ3v) is 8.16. The topological polar surface area (TPSA) is 57.7 Å². The van der Waals surface area contributed by atoms with Gasteiger partial charge in [0.15, 0.2) is 0 Å². The number of pyridine rings is 1. The van der Waals surface area contributed by atoms with E-state index >= 15 is 0 Å². The summed E-state index contributed by atoms with van der Waals surface area (Å²) in [6.45, 7) is 5.35. The number of carbonyl (C=O) groups excluding carboxylic acids is 1. The van der Waals surface area contributed by atoms with Crippen molar-refractivity contribution in [2.24, 2.45) is 5.92 Å². The molecule has 0 saturated carbocycles. The van der Waals surface area contributed by atoms with Crippen LogP contribution in [0.15, 0.2) is 42.5 Å². The molecule has 3 aliphatic rings. The molecular formula is C29H33ClN4O2. The Labute approximate surface area is 217 Å². The van der Waals surface area contributed by atoms with E-state index in [0.717, 1.165) is 96.9 Å². The summed E-state index contributed by atoms with van der Waals surface area (Å²) >= 11 is 6.23. The summed E-state index contributed by atoms with van der Waals surface area (Å²) in [5, 5.41) is 5.07. The van der Waals surface area contributed by atoms with Crippen molar-refractivity contribution in [2.45, 2.75) is 38.3 Å². The van der Waals surface area contributed by atoms with Crippen LogP contribution in [0.4, 0.5) is 0 Å². The van der Waals surface area contributed by atoms with E-state index in [2.05, 4.69) is 22.2 Å². The predicted molar refractivity (Wildman–Crippen MR) is 143 cm³/mol. The molecule has 1 fully saturated rings. The predicted octanol–water partition coefficient (Wildman–Crippen LogP) is 4.32. The van der Waals surface area contributed by atoms with Crippen LogP contribution < -0.4 is 10.1 Å². The lowest BCUT2D eigenvalue weighted by Gasteiger charge is -2.35. The molecule has 1 atom stereocenters. The lowest BCUT2D eigenvalue weighted by molar-refractivity contribution is 0.0914. The number of nitrogens with zero attached hydrogens (tertiary/aromatic N) is 3. The van der Waals surface area contributed by atoms with E-state index in [-0.39, 0.29) is 11.9 Å². The van der Waals surface area contributed by atoms with Gasteiger partial charge in [-0.3, -0.25) is 14.7 Å². The van der Waals surface area contributed by atoms with Crippen LogP contribution in [-0.2, 0) is 19.4 Å². The number of likely N-dealkylation sites (tertiary alicyclic amines) is 1. The van der Waals surface area contributed by atoms with Gasteiger partial charge >= 0.3 is 0 Å².